The number of benzene rings is 2. The monoisotopic (exact) mass is 346 g/mol. The van der Waals surface area contributed by atoms with Gasteiger partial charge in [0.1, 0.15) is 5.75 Å². The number of hydrogen-bond donors (Lipinski definition) is 1. The molecule has 26 heavy (non-hydrogen) atoms. The lowest BCUT2D eigenvalue weighted by atomic mass is 10.2. The number of rotatable bonds is 6. The van der Waals surface area contributed by atoms with Gasteiger partial charge in [-0.3, -0.25) is 4.79 Å². The summed E-state index contributed by atoms with van der Waals surface area (Å²) in [5, 5.41) is 15.9. The Balaban J connectivity index is 1.53. The van der Waals surface area contributed by atoms with Gasteiger partial charge in [0, 0.05) is 18.3 Å². The molecule has 0 aliphatic rings. The topological polar surface area (TPSA) is 79.9 Å². The third-order valence-electron chi connectivity index (χ3n) is 3.79. The number of nitrogens with one attached hydrogen (secondary N) is 1. The number of hydrogen-bond acceptors (Lipinski definition) is 4. The summed E-state index contributed by atoms with van der Waals surface area (Å²) in [7, 11) is 0. The molecule has 0 aliphatic carbocycles. The molecule has 1 atom stereocenters. The zero-order valence-corrected chi connectivity index (χ0v) is 14.3. The summed E-state index contributed by atoms with van der Waals surface area (Å²) in [6, 6.07) is 18.4. The maximum Gasteiger partial charge on any atom is 0.261 e. The maximum absolute atomic E-state index is 12.2. The van der Waals surface area contributed by atoms with Crippen LogP contribution in [0.3, 0.4) is 0 Å². The molecule has 130 valence electrons. The largest absolute Gasteiger partial charge is 0.481 e. The molecule has 0 spiro atoms. The van der Waals surface area contributed by atoms with Crippen molar-refractivity contribution in [2.24, 2.45) is 0 Å². The van der Waals surface area contributed by atoms with Crippen LogP contribution in [0.15, 0.2) is 67.0 Å². The van der Waals surface area contributed by atoms with Crippen molar-refractivity contribution in [3.05, 3.63) is 78.1 Å². The Labute approximate surface area is 151 Å². The average Bonchev–Trinajstić information content (AvgIpc) is 3.16. The second-order valence-corrected chi connectivity index (χ2v) is 5.74. The van der Waals surface area contributed by atoms with Crippen LogP contribution < -0.4 is 10.1 Å². The summed E-state index contributed by atoms with van der Waals surface area (Å²) >= 11 is 0. The van der Waals surface area contributed by atoms with Crippen LogP contribution in [0.25, 0.3) is 5.69 Å². The van der Waals surface area contributed by atoms with Gasteiger partial charge in [-0.2, -0.15) is 10.4 Å². The van der Waals surface area contributed by atoms with Gasteiger partial charge in [-0.15, -0.1) is 0 Å². The van der Waals surface area contributed by atoms with Gasteiger partial charge in [-0.1, -0.05) is 18.2 Å². The van der Waals surface area contributed by atoms with Crippen LogP contribution in [-0.2, 0) is 11.3 Å². The predicted octanol–water partition coefficient (Wildman–Crippen LogP) is 2.83. The summed E-state index contributed by atoms with van der Waals surface area (Å²) in [6.07, 6.45) is 2.95. The van der Waals surface area contributed by atoms with E-state index >= 15 is 0 Å². The molecule has 0 saturated heterocycles. The number of carbonyl (C=O) groups is 1. The molecule has 1 N–H and O–H groups in total. The zero-order valence-electron chi connectivity index (χ0n) is 14.3. The number of para-hydroxylation sites is 1. The summed E-state index contributed by atoms with van der Waals surface area (Å²) in [6.45, 7) is 2.05. The highest BCUT2D eigenvalue weighted by molar-refractivity contribution is 5.80. The van der Waals surface area contributed by atoms with Crippen LogP contribution in [-0.4, -0.2) is 21.8 Å². The van der Waals surface area contributed by atoms with Gasteiger partial charge < -0.3 is 10.1 Å². The first kappa shape index (κ1) is 17.2. The number of amides is 1. The normalized spacial score (nSPS) is 11.4. The predicted molar refractivity (Wildman–Crippen MR) is 96.7 cm³/mol. The van der Waals surface area contributed by atoms with Crippen LogP contribution in [0.4, 0.5) is 0 Å². The number of ether oxygens (including phenoxy) is 1. The molecule has 6 nitrogen and oxygen atoms in total. The average molecular weight is 346 g/mol. The second kappa shape index (κ2) is 7.99. The highest BCUT2D eigenvalue weighted by Gasteiger charge is 2.14. The van der Waals surface area contributed by atoms with E-state index in [2.05, 4.69) is 10.4 Å². The minimum atomic E-state index is -0.646. The van der Waals surface area contributed by atoms with Gasteiger partial charge in [-0.25, -0.2) is 4.68 Å². The SMILES string of the molecule is C[C@@H](Oc1ccc(C#N)cc1)C(=O)NCc1cnn(-c2ccccc2)c1. The third kappa shape index (κ3) is 4.28. The Hall–Kier alpha value is -3.59. The Kier molecular flexibility index (Phi) is 5.30. The van der Waals surface area contributed by atoms with Crippen molar-refractivity contribution in [2.75, 3.05) is 0 Å². The van der Waals surface area contributed by atoms with E-state index in [1.54, 1.807) is 42.1 Å². The van der Waals surface area contributed by atoms with E-state index in [1.807, 2.05) is 42.6 Å². The molecule has 1 aromatic heterocycles. The highest BCUT2D eigenvalue weighted by Crippen LogP contribution is 2.13. The standard InChI is InChI=1S/C20H18N4O2/c1-15(26-19-9-7-16(11-21)8-10-19)20(25)22-12-17-13-23-24(14-17)18-5-3-2-4-6-18/h2-10,13-15H,12H2,1H3,(H,22,25)/t15-/m1/s1. The molecule has 1 amide bonds. The molecule has 0 bridgehead atoms. The lowest BCUT2D eigenvalue weighted by Gasteiger charge is -2.14. The summed E-state index contributed by atoms with van der Waals surface area (Å²) in [4.78, 5) is 12.2. The molecule has 0 radical (unpaired) electrons. The Bertz CT molecular complexity index is 911. The zero-order chi connectivity index (χ0) is 18.4. The second-order valence-electron chi connectivity index (χ2n) is 5.74. The lowest BCUT2D eigenvalue weighted by molar-refractivity contribution is -0.127. The van der Waals surface area contributed by atoms with E-state index in [0.29, 0.717) is 17.9 Å². The molecule has 1 heterocycles. The van der Waals surface area contributed by atoms with Gasteiger partial charge in [0.2, 0.25) is 0 Å². The van der Waals surface area contributed by atoms with Crippen molar-refractivity contribution in [1.29, 1.82) is 5.26 Å². The minimum Gasteiger partial charge on any atom is -0.481 e. The van der Waals surface area contributed by atoms with Crippen molar-refractivity contribution >= 4 is 5.91 Å². The van der Waals surface area contributed by atoms with E-state index in [9.17, 15) is 4.79 Å². The molecule has 0 fully saturated rings. The van der Waals surface area contributed by atoms with Crippen LogP contribution in [0.2, 0.25) is 0 Å². The number of carbonyl (C=O) groups excluding carboxylic acids is 1. The Morgan fingerprint density at radius 1 is 1.23 bits per heavy atom. The van der Waals surface area contributed by atoms with Crippen molar-refractivity contribution in [3.63, 3.8) is 0 Å². The maximum atomic E-state index is 12.2. The first-order chi connectivity index (χ1) is 12.7. The Morgan fingerprint density at radius 3 is 2.65 bits per heavy atom. The van der Waals surface area contributed by atoms with Gasteiger partial charge in [-0.05, 0) is 43.3 Å². The highest BCUT2D eigenvalue weighted by atomic mass is 16.5. The first-order valence-corrected chi connectivity index (χ1v) is 8.19. The van der Waals surface area contributed by atoms with Gasteiger partial charge in [0.05, 0.1) is 23.5 Å². The summed E-state index contributed by atoms with van der Waals surface area (Å²) < 4.78 is 7.36. The van der Waals surface area contributed by atoms with E-state index < -0.39 is 6.10 Å². The number of nitriles is 1. The molecule has 3 rings (SSSR count). The van der Waals surface area contributed by atoms with Crippen molar-refractivity contribution in [1.82, 2.24) is 15.1 Å². The van der Waals surface area contributed by atoms with Crippen molar-refractivity contribution < 1.29 is 9.53 Å². The van der Waals surface area contributed by atoms with Crippen LogP contribution in [0.1, 0.15) is 18.1 Å². The van der Waals surface area contributed by atoms with Gasteiger partial charge >= 0.3 is 0 Å². The fraction of sp³-hybridized carbons (Fsp3) is 0.150. The first-order valence-electron chi connectivity index (χ1n) is 8.19. The molecule has 0 unspecified atom stereocenters. The smallest absolute Gasteiger partial charge is 0.261 e. The van der Waals surface area contributed by atoms with Crippen molar-refractivity contribution in [3.8, 4) is 17.5 Å². The molecule has 3 aromatic rings. The lowest BCUT2D eigenvalue weighted by Crippen LogP contribution is -2.35. The minimum absolute atomic E-state index is 0.221. The third-order valence-corrected chi connectivity index (χ3v) is 3.79. The molecule has 2 aromatic carbocycles. The number of nitrogens with zero attached hydrogens (tertiary/aromatic N) is 3. The van der Waals surface area contributed by atoms with Crippen LogP contribution >= 0.6 is 0 Å². The summed E-state index contributed by atoms with van der Waals surface area (Å²) in [5.74, 6) is 0.324. The van der Waals surface area contributed by atoms with E-state index in [0.717, 1.165) is 11.3 Å². The quantitative estimate of drug-likeness (QED) is 0.744. The molecular formula is C20H18N4O2. The molecule has 0 aliphatic heterocycles. The fourth-order valence-electron chi connectivity index (χ4n) is 2.37. The van der Waals surface area contributed by atoms with Crippen LogP contribution in [0, 0.1) is 11.3 Å². The van der Waals surface area contributed by atoms with Gasteiger partial charge in [0.25, 0.3) is 5.91 Å². The van der Waals surface area contributed by atoms with Gasteiger partial charge in [0.15, 0.2) is 6.10 Å². The molecule has 6 heteroatoms. The van der Waals surface area contributed by atoms with E-state index in [1.165, 1.54) is 0 Å². The molecular weight excluding hydrogens is 328 g/mol. The van der Waals surface area contributed by atoms with E-state index in [-0.39, 0.29) is 5.91 Å². The molecule has 0 saturated carbocycles. The summed E-state index contributed by atoms with van der Waals surface area (Å²) in [5.41, 5.74) is 2.40. The Morgan fingerprint density at radius 2 is 1.96 bits per heavy atom. The van der Waals surface area contributed by atoms with Crippen LogP contribution in [0.5, 0.6) is 5.75 Å². The number of aromatic nitrogens is 2. The van der Waals surface area contributed by atoms with E-state index in [4.69, 9.17) is 10.00 Å². The fourth-order valence-corrected chi connectivity index (χ4v) is 2.37. The van der Waals surface area contributed by atoms with Crippen molar-refractivity contribution in [2.45, 2.75) is 19.6 Å².